The van der Waals surface area contributed by atoms with Crippen LogP contribution in [0.4, 0.5) is 5.69 Å². The van der Waals surface area contributed by atoms with Gasteiger partial charge in [0.25, 0.3) is 5.91 Å². The molecular formula is C14H15ClN4O2. The van der Waals surface area contributed by atoms with Crippen molar-refractivity contribution in [3.8, 4) is 6.07 Å². The van der Waals surface area contributed by atoms with Crippen molar-refractivity contribution in [2.24, 2.45) is 5.73 Å². The Kier molecular flexibility index (Phi) is 6.40. The molecule has 0 radical (unpaired) electrons. The molecule has 2 amide bonds. The van der Waals surface area contributed by atoms with Crippen molar-refractivity contribution in [2.45, 2.75) is 6.92 Å². The lowest BCUT2D eigenvalue weighted by atomic mass is 10.2. The second-order valence-electron chi connectivity index (χ2n) is 4.09. The van der Waals surface area contributed by atoms with E-state index in [9.17, 15) is 9.59 Å². The summed E-state index contributed by atoms with van der Waals surface area (Å²) in [7, 11) is 0. The van der Waals surface area contributed by atoms with Crippen LogP contribution in [-0.2, 0) is 9.59 Å². The molecule has 0 aromatic heterocycles. The van der Waals surface area contributed by atoms with Gasteiger partial charge in [-0.3, -0.25) is 9.59 Å². The summed E-state index contributed by atoms with van der Waals surface area (Å²) in [6, 6.07) is 8.40. The molecule has 0 aliphatic carbocycles. The molecule has 0 aliphatic rings. The highest BCUT2D eigenvalue weighted by atomic mass is 35.5. The Balaban J connectivity index is 2.94. The van der Waals surface area contributed by atoms with Gasteiger partial charge in [0.05, 0.1) is 10.7 Å². The van der Waals surface area contributed by atoms with Crippen LogP contribution in [0.3, 0.4) is 0 Å². The van der Waals surface area contributed by atoms with Gasteiger partial charge in [0.2, 0.25) is 5.91 Å². The van der Waals surface area contributed by atoms with Crippen molar-refractivity contribution >= 4 is 29.1 Å². The number of nitriles is 1. The van der Waals surface area contributed by atoms with Crippen LogP contribution in [0.15, 0.2) is 36.0 Å². The Morgan fingerprint density at radius 2 is 2.14 bits per heavy atom. The Morgan fingerprint density at radius 3 is 2.67 bits per heavy atom. The minimum atomic E-state index is -0.645. The standard InChI is InChI=1S/C14H15ClN4O2/c1-10(20)19(7-6-16)9-11(8-17)14(21)18-13-5-3-2-4-12(13)15/h2-5,9H,6-7,16H2,1H3,(H,18,21)/b11-9-. The van der Waals surface area contributed by atoms with E-state index in [1.54, 1.807) is 30.3 Å². The van der Waals surface area contributed by atoms with Gasteiger partial charge in [-0.1, -0.05) is 23.7 Å². The Labute approximate surface area is 127 Å². The van der Waals surface area contributed by atoms with E-state index in [1.165, 1.54) is 18.0 Å². The van der Waals surface area contributed by atoms with Crippen LogP contribution in [-0.4, -0.2) is 29.8 Å². The number of halogens is 1. The molecule has 0 aliphatic heterocycles. The molecular weight excluding hydrogens is 292 g/mol. The minimum absolute atomic E-state index is 0.210. The van der Waals surface area contributed by atoms with E-state index in [0.717, 1.165) is 0 Å². The van der Waals surface area contributed by atoms with Crippen molar-refractivity contribution < 1.29 is 9.59 Å². The van der Waals surface area contributed by atoms with Crippen LogP contribution >= 0.6 is 11.6 Å². The number of hydrogen-bond acceptors (Lipinski definition) is 4. The van der Waals surface area contributed by atoms with Crippen LogP contribution < -0.4 is 11.1 Å². The number of nitrogens with two attached hydrogens (primary N) is 1. The maximum atomic E-state index is 12.0. The van der Waals surface area contributed by atoms with Crippen molar-refractivity contribution in [3.05, 3.63) is 41.1 Å². The average molecular weight is 307 g/mol. The molecule has 21 heavy (non-hydrogen) atoms. The highest BCUT2D eigenvalue weighted by Gasteiger charge is 2.14. The van der Waals surface area contributed by atoms with Gasteiger partial charge in [0, 0.05) is 26.2 Å². The fourth-order valence-corrected chi connectivity index (χ4v) is 1.68. The third-order valence-electron chi connectivity index (χ3n) is 2.55. The lowest BCUT2D eigenvalue weighted by Crippen LogP contribution is -2.30. The van der Waals surface area contributed by atoms with Crippen LogP contribution in [0.2, 0.25) is 5.02 Å². The number of para-hydroxylation sites is 1. The molecule has 0 fully saturated rings. The van der Waals surface area contributed by atoms with Crippen molar-refractivity contribution in [2.75, 3.05) is 18.4 Å². The number of nitrogens with one attached hydrogen (secondary N) is 1. The van der Waals surface area contributed by atoms with Gasteiger partial charge in [-0.2, -0.15) is 5.26 Å². The van der Waals surface area contributed by atoms with Gasteiger partial charge >= 0.3 is 0 Å². The molecule has 0 saturated carbocycles. The summed E-state index contributed by atoms with van der Waals surface area (Å²) in [5, 5.41) is 11.9. The molecule has 110 valence electrons. The molecule has 0 spiro atoms. The Bertz CT molecular complexity index is 607. The molecule has 0 heterocycles. The fraction of sp³-hybridized carbons (Fsp3) is 0.214. The van der Waals surface area contributed by atoms with Crippen LogP contribution in [0.25, 0.3) is 0 Å². The summed E-state index contributed by atoms with van der Waals surface area (Å²) in [5.74, 6) is -0.951. The predicted molar refractivity (Wildman–Crippen MR) is 80.2 cm³/mol. The second kappa shape index (κ2) is 8.04. The van der Waals surface area contributed by atoms with E-state index in [2.05, 4.69) is 5.32 Å². The molecule has 1 aromatic carbocycles. The van der Waals surface area contributed by atoms with Gasteiger partial charge in [-0.05, 0) is 12.1 Å². The quantitative estimate of drug-likeness (QED) is 0.636. The van der Waals surface area contributed by atoms with Crippen molar-refractivity contribution in [3.63, 3.8) is 0 Å². The zero-order chi connectivity index (χ0) is 15.8. The maximum Gasteiger partial charge on any atom is 0.267 e. The lowest BCUT2D eigenvalue weighted by Gasteiger charge is -2.15. The molecule has 7 heteroatoms. The highest BCUT2D eigenvalue weighted by Crippen LogP contribution is 2.20. The third kappa shape index (κ3) is 4.91. The zero-order valence-electron chi connectivity index (χ0n) is 11.5. The van der Waals surface area contributed by atoms with E-state index in [0.29, 0.717) is 10.7 Å². The summed E-state index contributed by atoms with van der Waals surface area (Å²) in [5.41, 5.74) is 5.56. The van der Waals surface area contributed by atoms with Gasteiger partial charge < -0.3 is 16.0 Å². The number of anilines is 1. The van der Waals surface area contributed by atoms with Crippen LogP contribution in [0.5, 0.6) is 0 Å². The number of carbonyl (C=O) groups is 2. The van der Waals surface area contributed by atoms with Gasteiger partial charge in [-0.15, -0.1) is 0 Å². The number of benzene rings is 1. The van der Waals surface area contributed by atoms with Gasteiger partial charge in [0.15, 0.2) is 0 Å². The molecule has 1 rings (SSSR count). The summed E-state index contributed by atoms with van der Waals surface area (Å²) in [6.45, 7) is 1.77. The third-order valence-corrected chi connectivity index (χ3v) is 2.88. The smallest absolute Gasteiger partial charge is 0.267 e. The van der Waals surface area contributed by atoms with E-state index in [1.807, 2.05) is 0 Å². The first-order chi connectivity index (χ1) is 9.99. The first kappa shape index (κ1) is 16.7. The summed E-state index contributed by atoms with van der Waals surface area (Å²) in [6.07, 6.45) is 1.18. The van der Waals surface area contributed by atoms with Gasteiger partial charge in [0.1, 0.15) is 11.6 Å². The monoisotopic (exact) mass is 306 g/mol. The van der Waals surface area contributed by atoms with E-state index < -0.39 is 5.91 Å². The Morgan fingerprint density at radius 1 is 1.48 bits per heavy atom. The number of amides is 2. The molecule has 0 bridgehead atoms. The average Bonchev–Trinajstić information content (AvgIpc) is 2.45. The van der Waals surface area contributed by atoms with E-state index >= 15 is 0 Å². The number of hydrogen-bond donors (Lipinski definition) is 2. The van der Waals surface area contributed by atoms with Crippen molar-refractivity contribution in [1.82, 2.24) is 4.90 Å². The Hall–Kier alpha value is -2.36. The molecule has 0 saturated heterocycles. The number of rotatable bonds is 5. The molecule has 3 N–H and O–H groups in total. The molecule has 0 unspecified atom stereocenters. The second-order valence-corrected chi connectivity index (χ2v) is 4.50. The van der Waals surface area contributed by atoms with E-state index in [-0.39, 0.29) is 24.6 Å². The predicted octanol–water partition coefficient (Wildman–Crippen LogP) is 1.49. The summed E-state index contributed by atoms with van der Waals surface area (Å²) < 4.78 is 0. The normalized spacial score (nSPS) is 10.7. The van der Waals surface area contributed by atoms with Crippen molar-refractivity contribution in [1.29, 1.82) is 5.26 Å². The highest BCUT2D eigenvalue weighted by molar-refractivity contribution is 6.33. The summed E-state index contributed by atoms with van der Waals surface area (Å²) >= 11 is 5.92. The zero-order valence-corrected chi connectivity index (χ0v) is 12.2. The molecule has 0 atom stereocenters. The maximum absolute atomic E-state index is 12.0. The first-order valence-electron chi connectivity index (χ1n) is 6.14. The summed E-state index contributed by atoms with van der Waals surface area (Å²) in [4.78, 5) is 24.6. The number of carbonyl (C=O) groups excluding carboxylic acids is 2. The lowest BCUT2D eigenvalue weighted by molar-refractivity contribution is -0.126. The SMILES string of the molecule is CC(=O)N(/C=C(/C#N)C(=O)Nc1ccccc1Cl)CCN. The fourth-order valence-electron chi connectivity index (χ4n) is 1.50. The molecule has 1 aromatic rings. The van der Waals surface area contributed by atoms with Crippen LogP contribution in [0, 0.1) is 11.3 Å². The van der Waals surface area contributed by atoms with E-state index in [4.69, 9.17) is 22.6 Å². The largest absolute Gasteiger partial charge is 0.329 e. The topological polar surface area (TPSA) is 99.2 Å². The van der Waals surface area contributed by atoms with Gasteiger partial charge in [-0.25, -0.2) is 0 Å². The minimum Gasteiger partial charge on any atom is -0.329 e. The first-order valence-corrected chi connectivity index (χ1v) is 6.52. The van der Waals surface area contributed by atoms with Crippen LogP contribution in [0.1, 0.15) is 6.92 Å². The molecule has 6 nitrogen and oxygen atoms in total. The number of nitrogens with zero attached hydrogens (tertiary/aromatic N) is 2.